The van der Waals surface area contributed by atoms with E-state index >= 15 is 0 Å². The monoisotopic (exact) mass is 224 g/mol. The minimum atomic E-state index is -0.704. The molecule has 0 rings (SSSR count). The molecule has 0 heterocycles. The second-order valence-electron chi connectivity index (χ2n) is 3.65. The van der Waals surface area contributed by atoms with Crippen molar-refractivity contribution in [1.82, 2.24) is 0 Å². The molecular weight excluding hydrogens is 204 g/mol. The topological polar surface area (TPSA) is 54.4 Å². The van der Waals surface area contributed by atoms with Crippen LogP contribution in [0, 0.1) is 0 Å². The molecule has 0 amide bonds. The van der Waals surface area contributed by atoms with Gasteiger partial charge >= 0.3 is 5.97 Å². The van der Waals surface area contributed by atoms with Crippen LogP contribution in [0.25, 0.3) is 0 Å². The van der Waals surface area contributed by atoms with Crippen LogP contribution >= 0.6 is 0 Å². The summed E-state index contributed by atoms with van der Waals surface area (Å²) in [4.78, 5) is 20.1. The summed E-state index contributed by atoms with van der Waals surface area (Å²) in [5.41, 5.74) is 0. The Labute approximate surface area is 96.9 Å². The van der Waals surface area contributed by atoms with Crippen LogP contribution in [0.4, 0.5) is 0 Å². The summed E-state index contributed by atoms with van der Waals surface area (Å²) < 4.78 is 0. The molecule has 0 atom stereocenters. The van der Waals surface area contributed by atoms with Crippen LogP contribution < -0.4 is 0 Å². The van der Waals surface area contributed by atoms with Gasteiger partial charge in [0, 0.05) is 6.42 Å². The molecular formula is C13H20O3. The van der Waals surface area contributed by atoms with Gasteiger partial charge in [0.15, 0.2) is 0 Å². The first-order chi connectivity index (χ1) is 7.77. The lowest BCUT2D eigenvalue weighted by Crippen LogP contribution is -1.93. The lowest BCUT2D eigenvalue weighted by molar-refractivity contribution is -0.137. The van der Waals surface area contributed by atoms with Crippen molar-refractivity contribution < 1.29 is 14.7 Å². The number of hydrogen-bond donors (Lipinski definition) is 1. The molecule has 0 bridgehead atoms. The maximum Gasteiger partial charge on any atom is 0.303 e. The summed E-state index contributed by atoms with van der Waals surface area (Å²) in [6, 6.07) is 0. The van der Waals surface area contributed by atoms with E-state index in [0.717, 1.165) is 44.8 Å². The molecule has 0 aromatic carbocycles. The number of carboxylic acids is 1. The molecule has 90 valence electrons. The van der Waals surface area contributed by atoms with Gasteiger partial charge in [-0.15, -0.1) is 0 Å². The van der Waals surface area contributed by atoms with Gasteiger partial charge in [-0.3, -0.25) is 9.59 Å². The highest BCUT2D eigenvalue weighted by atomic mass is 16.4. The van der Waals surface area contributed by atoms with Crippen LogP contribution in [-0.2, 0) is 9.59 Å². The highest BCUT2D eigenvalue weighted by Gasteiger charge is 1.95. The van der Waals surface area contributed by atoms with Crippen LogP contribution in [0.2, 0.25) is 0 Å². The summed E-state index contributed by atoms with van der Waals surface area (Å²) in [6.45, 7) is 0. The fourth-order valence-electron chi connectivity index (χ4n) is 1.35. The van der Waals surface area contributed by atoms with Crippen molar-refractivity contribution >= 4 is 12.3 Å². The molecule has 16 heavy (non-hydrogen) atoms. The third kappa shape index (κ3) is 12.6. The fraction of sp³-hybridized carbons (Fsp3) is 0.538. The van der Waals surface area contributed by atoms with Crippen molar-refractivity contribution in [3.63, 3.8) is 0 Å². The quantitative estimate of drug-likeness (QED) is 0.268. The van der Waals surface area contributed by atoms with Crippen LogP contribution in [0.5, 0.6) is 0 Å². The zero-order chi connectivity index (χ0) is 12.1. The SMILES string of the molecule is O=CC=CC=CCCCCCCCC(=O)O. The highest BCUT2D eigenvalue weighted by molar-refractivity contribution is 5.66. The predicted molar refractivity (Wildman–Crippen MR) is 64.3 cm³/mol. The molecule has 0 aliphatic rings. The second-order valence-corrected chi connectivity index (χ2v) is 3.65. The number of allylic oxidation sites excluding steroid dienone is 4. The third-order valence-electron chi connectivity index (χ3n) is 2.20. The zero-order valence-corrected chi connectivity index (χ0v) is 9.60. The smallest absolute Gasteiger partial charge is 0.303 e. The molecule has 0 aliphatic carbocycles. The van der Waals surface area contributed by atoms with Gasteiger partial charge in [-0.2, -0.15) is 0 Å². The Kier molecular flexibility index (Phi) is 10.7. The first-order valence-electron chi connectivity index (χ1n) is 5.76. The largest absolute Gasteiger partial charge is 0.481 e. The van der Waals surface area contributed by atoms with E-state index < -0.39 is 5.97 Å². The van der Waals surface area contributed by atoms with Gasteiger partial charge in [-0.05, 0) is 25.3 Å². The molecule has 0 radical (unpaired) electrons. The van der Waals surface area contributed by atoms with Crippen molar-refractivity contribution in [3.8, 4) is 0 Å². The Balaban J connectivity index is 3.15. The fourth-order valence-corrected chi connectivity index (χ4v) is 1.35. The third-order valence-corrected chi connectivity index (χ3v) is 2.20. The Bertz CT molecular complexity index is 242. The van der Waals surface area contributed by atoms with Gasteiger partial charge in [-0.1, -0.05) is 37.5 Å². The van der Waals surface area contributed by atoms with Crippen molar-refractivity contribution in [2.75, 3.05) is 0 Å². The number of rotatable bonds is 10. The molecule has 0 aromatic heterocycles. The first kappa shape index (κ1) is 14.6. The number of aldehydes is 1. The van der Waals surface area contributed by atoms with Gasteiger partial charge in [0.25, 0.3) is 0 Å². The van der Waals surface area contributed by atoms with Gasteiger partial charge < -0.3 is 5.11 Å². The molecule has 0 saturated carbocycles. The lowest BCUT2D eigenvalue weighted by atomic mass is 10.1. The normalized spacial score (nSPS) is 11.2. The molecule has 3 heteroatoms. The van der Waals surface area contributed by atoms with E-state index in [4.69, 9.17) is 5.11 Å². The predicted octanol–water partition coefficient (Wildman–Crippen LogP) is 3.11. The number of hydrogen-bond acceptors (Lipinski definition) is 2. The minimum Gasteiger partial charge on any atom is -0.481 e. The number of unbranched alkanes of at least 4 members (excludes halogenated alkanes) is 5. The molecule has 3 nitrogen and oxygen atoms in total. The van der Waals surface area contributed by atoms with Crippen molar-refractivity contribution in [2.45, 2.75) is 44.9 Å². The van der Waals surface area contributed by atoms with Crippen LogP contribution in [0.1, 0.15) is 44.9 Å². The maximum absolute atomic E-state index is 10.2. The maximum atomic E-state index is 10.2. The minimum absolute atomic E-state index is 0.288. The standard InChI is InChI=1S/C13H20O3/c14-12-10-8-6-4-2-1-3-5-7-9-11-13(15)16/h4,6,8,10,12H,1-3,5,7,9,11H2,(H,15,16). The highest BCUT2D eigenvalue weighted by Crippen LogP contribution is 2.07. The molecule has 0 aliphatic heterocycles. The summed E-state index contributed by atoms with van der Waals surface area (Å²) in [6.07, 6.45) is 14.3. The average molecular weight is 224 g/mol. The van der Waals surface area contributed by atoms with E-state index in [2.05, 4.69) is 0 Å². The van der Waals surface area contributed by atoms with Crippen molar-refractivity contribution in [3.05, 3.63) is 24.3 Å². The number of carbonyl (C=O) groups is 2. The Morgan fingerprint density at radius 2 is 1.62 bits per heavy atom. The van der Waals surface area contributed by atoms with Gasteiger partial charge in [0.1, 0.15) is 6.29 Å². The van der Waals surface area contributed by atoms with Crippen LogP contribution in [-0.4, -0.2) is 17.4 Å². The van der Waals surface area contributed by atoms with E-state index in [-0.39, 0.29) is 6.42 Å². The second kappa shape index (κ2) is 11.7. The van der Waals surface area contributed by atoms with E-state index in [1.165, 1.54) is 6.08 Å². The summed E-state index contributed by atoms with van der Waals surface area (Å²) in [7, 11) is 0. The van der Waals surface area contributed by atoms with E-state index in [0.29, 0.717) is 0 Å². The Hall–Kier alpha value is -1.38. The Morgan fingerprint density at radius 1 is 0.938 bits per heavy atom. The first-order valence-corrected chi connectivity index (χ1v) is 5.76. The molecule has 0 saturated heterocycles. The Morgan fingerprint density at radius 3 is 2.31 bits per heavy atom. The molecule has 0 fully saturated rings. The number of aliphatic carboxylic acids is 1. The summed E-state index contributed by atoms with van der Waals surface area (Å²) in [5.74, 6) is -0.704. The molecule has 0 unspecified atom stereocenters. The summed E-state index contributed by atoms with van der Waals surface area (Å²) >= 11 is 0. The van der Waals surface area contributed by atoms with Crippen molar-refractivity contribution in [2.24, 2.45) is 0 Å². The molecule has 0 aromatic rings. The molecule has 1 N–H and O–H groups in total. The van der Waals surface area contributed by atoms with Crippen LogP contribution in [0.15, 0.2) is 24.3 Å². The zero-order valence-electron chi connectivity index (χ0n) is 9.60. The number of carboxylic acid groups (broad SMARTS) is 1. The van der Waals surface area contributed by atoms with E-state index in [1.807, 2.05) is 12.2 Å². The van der Waals surface area contributed by atoms with Gasteiger partial charge in [-0.25, -0.2) is 0 Å². The summed E-state index contributed by atoms with van der Waals surface area (Å²) in [5, 5.41) is 8.42. The van der Waals surface area contributed by atoms with Crippen LogP contribution in [0.3, 0.4) is 0 Å². The molecule has 0 spiro atoms. The van der Waals surface area contributed by atoms with Gasteiger partial charge in [0.2, 0.25) is 0 Å². The van der Waals surface area contributed by atoms with Crippen molar-refractivity contribution in [1.29, 1.82) is 0 Å². The van der Waals surface area contributed by atoms with E-state index in [1.54, 1.807) is 6.08 Å². The van der Waals surface area contributed by atoms with E-state index in [9.17, 15) is 9.59 Å². The van der Waals surface area contributed by atoms with Gasteiger partial charge in [0.05, 0.1) is 0 Å². The average Bonchev–Trinajstić information content (AvgIpc) is 2.25. The lowest BCUT2D eigenvalue weighted by Gasteiger charge is -1.97. The number of carbonyl (C=O) groups excluding carboxylic acids is 1.